The zero-order valence-electron chi connectivity index (χ0n) is 8.03. The monoisotopic (exact) mass is 204 g/mol. The van der Waals surface area contributed by atoms with Gasteiger partial charge in [0, 0.05) is 35.4 Å². The molecular formula is C8H16N2O2S. The zero-order valence-corrected chi connectivity index (χ0v) is 8.84. The second-order valence-corrected chi connectivity index (χ2v) is 5.29. The molecule has 1 aliphatic heterocycles. The highest BCUT2D eigenvalue weighted by atomic mass is 32.2. The Bertz CT molecular complexity index is 232. The van der Waals surface area contributed by atoms with Gasteiger partial charge in [-0.05, 0) is 13.3 Å². The molecule has 3 unspecified atom stereocenters. The molecule has 1 amide bonds. The topological polar surface area (TPSA) is 63.4 Å². The largest absolute Gasteiger partial charge is 0.340 e. The van der Waals surface area contributed by atoms with Crippen molar-refractivity contribution in [1.29, 1.82) is 0 Å². The van der Waals surface area contributed by atoms with Gasteiger partial charge in [0.1, 0.15) is 0 Å². The van der Waals surface area contributed by atoms with Crippen molar-refractivity contribution in [3.05, 3.63) is 0 Å². The van der Waals surface area contributed by atoms with E-state index in [9.17, 15) is 9.00 Å². The molecule has 1 rings (SSSR count). The number of likely N-dealkylation sites (tertiary alicyclic amines) is 1. The zero-order chi connectivity index (χ0) is 10.0. The molecule has 1 aliphatic rings. The summed E-state index contributed by atoms with van der Waals surface area (Å²) in [6, 6.07) is -0.336. The molecule has 1 heterocycles. The first-order valence-corrected chi connectivity index (χ1v) is 6.01. The normalized spacial score (nSPS) is 27.8. The summed E-state index contributed by atoms with van der Waals surface area (Å²) in [5, 5.41) is 0.0363. The number of rotatable bonds is 3. The molecule has 0 saturated carbocycles. The van der Waals surface area contributed by atoms with Crippen molar-refractivity contribution in [2.45, 2.75) is 24.6 Å². The Balaban J connectivity index is 2.47. The third kappa shape index (κ3) is 2.51. The second-order valence-electron chi connectivity index (χ2n) is 3.49. The first-order chi connectivity index (χ1) is 6.02. The molecular weight excluding hydrogens is 188 g/mol. The lowest BCUT2D eigenvalue weighted by Crippen LogP contribution is -2.38. The fourth-order valence-corrected chi connectivity index (χ4v) is 1.75. The molecule has 0 spiro atoms. The summed E-state index contributed by atoms with van der Waals surface area (Å²) in [5.41, 5.74) is 5.55. The summed E-state index contributed by atoms with van der Waals surface area (Å²) >= 11 is 0. The summed E-state index contributed by atoms with van der Waals surface area (Å²) in [7, 11) is -0.867. The summed E-state index contributed by atoms with van der Waals surface area (Å²) in [5.74, 6) is -0.00250. The molecule has 0 aromatic heterocycles. The van der Waals surface area contributed by atoms with E-state index in [4.69, 9.17) is 5.73 Å². The number of amides is 1. The van der Waals surface area contributed by atoms with Crippen LogP contribution in [0, 0.1) is 0 Å². The van der Waals surface area contributed by atoms with Crippen LogP contribution in [0.4, 0.5) is 0 Å². The van der Waals surface area contributed by atoms with E-state index in [0.29, 0.717) is 13.1 Å². The quantitative estimate of drug-likeness (QED) is 0.662. The summed E-state index contributed by atoms with van der Waals surface area (Å²) in [6.45, 7) is 3.16. The minimum absolute atomic E-state index is 0.00250. The molecule has 13 heavy (non-hydrogen) atoms. The van der Waals surface area contributed by atoms with Crippen molar-refractivity contribution in [3.63, 3.8) is 0 Å². The lowest BCUT2D eigenvalue weighted by atomic mass is 10.3. The van der Waals surface area contributed by atoms with E-state index in [1.807, 2.05) is 6.92 Å². The van der Waals surface area contributed by atoms with Gasteiger partial charge in [-0.25, -0.2) is 0 Å². The van der Waals surface area contributed by atoms with Crippen LogP contribution in [0.3, 0.4) is 0 Å². The smallest absolute Gasteiger partial charge is 0.239 e. The van der Waals surface area contributed by atoms with Crippen LogP contribution in [-0.4, -0.2) is 45.7 Å². The number of carbonyl (C=O) groups is 1. The molecule has 1 saturated heterocycles. The first-order valence-electron chi connectivity index (χ1n) is 4.39. The van der Waals surface area contributed by atoms with Crippen molar-refractivity contribution >= 4 is 16.7 Å². The molecule has 3 atom stereocenters. The highest BCUT2D eigenvalue weighted by Crippen LogP contribution is 2.10. The average Bonchev–Trinajstić information content (AvgIpc) is 2.36. The van der Waals surface area contributed by atoms with E-state index in [0.717, 1.165) is 6.42 Å². The minimum atomic E-state index is -0.867. The highest BCUT2D eigenvalue weighted by molar-refractivity contribution is 7.84. The third-order valence-corrected chi connectivity index (χ3v) is 3.67. The van der Waals surface area contributed by atoms with Gasteiger partial charge in [-0.15, -0.1) is 0 Å². The molecule has 2 N–H and O–H groups in total. The Morgan fingerprint density at radius 1 is 1.77 bits per heavy atom. The predicted octanol–water partition coefficient (Wildman–Crippen LogP) is -0.687. The van der Waals surface area contributed by atoms with E-state index in [-0.39, 0.29) is 17.2 Å². The van der Waals surface area contributed by atoms with E-state index in [1.165, 1.54) is 0 Å². The van der Waals surface area contributed by atoms with Crippen LogP contribution in [-0.2, 0) is 15.6 Å². The molecule has 0 radical (unpaired) electrons. The van der Waals surface area contributed by atoms with Gasteiger partial charge >= 0.3 is 0 Å². The van der Waals surface area contributed by atoms with Crippen molar-refractivity contribution in [2.24, 2.45) is 5.73 Å². The molecule has 76 valence electrons. The maximum atomic E-state index is 11.4. The van der Waals surface area contributed by atoms with Crippen LogP contribution in [0.1, 0.15) is 13.3 Å². The first kappa shape index (κ1) is 10.7. The van der Waals surface area contributed by atoms with Gasteiger partial charge in [0.25, 0.3) is 0 Å². The number of nitrogens with zero attached hydrogens (tertiary/aromatic N) is 1. The second kappa shape index (κ2) is 4.19. The van der Waals surface area contributed by atoms with Crippen molar-refractivity contribution < 1.29 is 9.00 Å². The van der Waals surface area contributed by atoms with Gasteiger partial charge in [-0.2, -0.15) is 0 Å². The fraction of sp³-hybridized carbons (Fsp3) is 0.875. The van der Waals surface area contributed by atoms with Crippen molar-refractivity contribution in [2.75, 3.05) is 19.3 Å². The van der Waals surface area contributed by atoms with Gasteiger partial charge in [0.05, 0.1) is 6.04 Å². The van der Waals surface area contributed by atoms with E-state index >= 15 is 0 Å². The molecule has 0 bridgehead atoms. The van der Waals surface area contributed by atoms with Crippen LogP contribution in [0.5, 0.6) is 0 Å². The molecule has 0 aromatic rings. The summed E-state index contributed by atoms with van der Waals surface area (Å²) in [6.07, 6.45) is 2.38. The SMILES string of the molecule is CC(CN1CCC(N)C1=O)S(C)=O. The van der Waals surface area contributed by atoms with Gasteiger partial charge in [0.2, 0.25) is 5.91 Å². The lowest BCUT2D eigenvalue weighted by Gasteiger charge is -2.19. The Morgan fingerprint density at radius 2 is 2.38 bits per heavy atom. The van der Waals surface area contributed by atoms with Gasteiger partial charge < -0.3 is 10.6 Å². The molecule has 4 nitrogen and oxygen atoms in total. The standard InChI is InChI=1S/C8H16N2O2S/c1-6(13(2)12)5-10-4-3-7(9)8(10)11/h6-7H,3-5,9H2,1-2H3. The van der Waals surface area contributed by atoms with Crippen LogP contribution in [0.15, 0.2) is 0 Å². The van der Waals surface area contributed by atoms with E-state index in [1.54, 1.807) is 11.2 Å². The van der Waals surface area contributed by atoms with Crippen LogP contribution in [0.25, 0.3) is 0 Å². The molecule has 0 aliphatic carbocycles. The number of carbonyl (C=O) groups excluding carboxylic acids is 1. The summed E-state index contributed by atoms with van der Waals surface area (Å²) in [4.78, 5) is 13.1. The minimum Gasteiger partial charge on any atom is -0.340 e. The average molecular weight is 204 g/mol. The maximum Gasteiger partial charge on any atom is 0.239 e. The Morgan fingerprint density at radius 3 is 2.77 bits per heavy atom. The molecule has 1 fully saturated rings. The van der Waals surface area contributed by atoms with Crippen molar-refractivity contribution in [1.82, 2.24) is 4.90 Å². The third-order valence-electron chi connectivity index (χ3n) is 2.38. The fourth-order valence-electron chi connectivity index (χ4n) is 1.36. The van der Waals surface area contributed by atoms with Gasteiger partial charge in [-0.3, -0.25) is 9.00 Å². The highest BCUT2D eigenvalue weighted by Gasteiger charge is 2.29. The van der Waals surface area contributed by atoms with Gasteiger partial charge in [-0.1, -0.05) is 0 Å². The van der Waals surface area contributed by atoms with E-state index < -0.39 is 10.8 Å². The number of hydrogen-bond donors (Lipinski definition) is 1. The lowest BCUT2D eigenvalue weighted by molar-refractivity contribution is -0.128. The van der Waals surface area contributed by atoms with Crippen molar-refractivity contribution in [3.8, 4) is 0 Å². The van der Waals surface area contributed by atoms with Gasteiger partial charge in [0.15, 0.2) is 0 Å². The summed E-state index contributed by atoms with van der Waals surface area (Å²) < 4.78 is 11.1. The van der Waals surface area contributed by atoms with Crippen LogP contribution < -0.4 is 5.73 Å². The number of hydrogen-bond acceptors (Lipinski definition) is 3. The predicted molar refractivity (Wildman–Crippen MR) is 52.7 cm³/mol. The van der Waals surface area contributed by atoms with Crippen LogP contribution >= 0.6 is 0 Å². The maximum absolute atomic E-state index is 11.4. The molecule has 5 heteroatoms. The Hall–Kier alpha value is -0.420. The Kier molecular flexibility index (Phi) is 3.44. The molecule has 0 aromatic carbocycles. The van der Waals surface area contributed by atoms with Crippen LogP contribution in [0.2, 0.25) is 0 Å². The number of nitrogens with two attached hydrogens (primary N) is 1. The Labute approximate surface area is 80.9 Å². The van der Waals surface area contributed by atoms with E-state index in [2.05, 4.69) is 0 Å².